The third-order valence-corrected chi connectivity index (χ3v) is 6.82. The van der Waals surface area contributed by atoms with Gasteiger partial charge in [0.1, 0.15) is 10.8 Å². The Labute approximate surface area is 207 Å². The summed E-state index contributed by atoms with van der Waals surface area (Å²) in [6.45, 7) is 12.0. The van der Waals surface area contributed by atoms with E-state index in [4.69, 9.17) is 14.5 Å². The lowest BCUT2D eigenvalue weighted by Crippen LogP contribution is -2.48. The number of benzene rings is 1. The van der Waals surface area contributed by atoms with E-state index in [0.29, 0.717) is 6.54 Å². The number of nitrogens with zero attached hydrogens (tertiary/aromatic N) is 2. The molecular weight excluding hydrogens is 523 g/mol. The van der Waals surface area contributed by atoms with Crippen molar-refractivity contribution in [1.82, 2.24) is 15.6 Å². The number of ether oxygens (including phenoxy) is 2. The second-order valence-electron chi connectivity index (χ2n) is 7.89. The molecule has 0 saturated carbocycles. The molecule has 2 N–H and O–H groups in total. The van der Waals surface area contributed by atoms with E-state index in [-0.39, 0.29) is 29.4 Å². The van der Waals surface area contributed by atoms with Crippen LogP contribution in [-0.2, 0) is 16.7 Å². The molecule has 1 aliphatic heterocycles. The van der Waals surface area contributed by atoms with Gasteiger partial charge in [-0.2, -0.15) is 0 Å². The monoisotopic (exact) mass is 558 g/mol. The Balaban J connectivity index is 0.00000341. The van der Waals surface area contributed by atoms with Crippen molar-refractivity contribution in [1.29, 1.82) is 0 Å². The summed E-state index contributed by atoms with van der Waals surface area (Å²) in [4.78, 5) is 10.7. The molecule has 2 heterocycles. The minimum atomic E-state index is -0.0554. The highest BCUT2D eigenvalue weighted by Gasteiger charge is 2.37. The molecule has 3 rings (SSSR count). The highest BCUT2D eigenvalue weighted by molar-refractivity contribution is 14.0. The first-order valence-corrected chi connectivity index (χ1v) is 11.5. The van der Waals surface area contributed by atoms with E-state index in [1.54, 1.807) is 18.4 Å². The topological polar surface area (TPSA) is 67.8 Å². The first kappa shape index (κ1) is 25.9. The molecule has 2 aromatic rings. The van der Waals surface area contributed by atoms with Gasteiger partial charge in [0.25, 0.3) is 0 Å². The van der Waals surface area contributed by atoms with Crippen LogP contribution in [0.2, 0.25) is 0 Å². The number of hydrogen-bond donors (Lipinski definition) is 2. The molecule has 0 spiro atoms. The molecule has 31 heavy (non-hydrogen) atoms. The Morgan fingerprint density at radius 2 is 1.97 bits per heavy atom. The molecule has 1 saturated heterocycles. The zero-order valence-corrected chi connectivity index (χ0v) is 22.4. The Bertz CT molecular complexity index is 859. The van der Waals surface area contributed by atoms with Crippen molar-refractivity contribution in [3.63, 3.8) is 0 Å². The normalized spacial score (nSPS) is 15.8. The zero-order chi connectivity index (χ0) is 21.6. The highest BCUT2D eigenvalue weighted by atomic mass is 127. The smallest absolute Gasteiger partial charge is 0.191 e. The van der Waals surface area contributed by atoms with E-state index in [1.807, 2.05) is 6.92 Å². The van der Waals surface area contributed by atoms with Crippen molar-refractivity contribution in [3.8, 4) is 5.75 Å². The fraction of sp³-hybridized carbons (Fsp3) is 0.565. The third-order valence-electron chi connectivity index (χ3n) is 5.76. The van der Waals surface area contributed by atoms with Gasteiger partial charge in [0.05, 0.1) is 19.3 Å². The number of aromatic nitrogens is 1. The van der Waals surface area contributed by atoms with E-state index < -0.39 is 0 Å². The second kappa shape index (κ2) is 12.0. The lowest BCUT2D eigenvalue weighted by Gasteiger charge is -2.39. The van der Waals surface area contributed by atoms with Crippen LogP contribution in [0, 0.1) is 20.8 Å². The minimum Gasteiger partial charge on any atom is -0.496 e. The van der Waals surface area contributed by atoms with E-state index in [0.717, 1.165) is 61.6 Å². The lowest BCUT2D eigenvalue weighted by atomic mass is 9.73. The Hall–Kier alpha value is -1.39. The maximum Gasteiger partial charge on any atom is 0.191 e. The van der Waals surface area contributed by atoms with Crippen LogP contribution in [-0.4, -0.2) is 44.4 Å². The number of methoxy groups -OCH3 is 1. The van der Waals surface area contributed by atoms with Crippen LogP contribution < -0.4 is 15.4 Å². The molecule has 1 fully saturated rings. The Kier molecular flexibility index (Phi) is 10.0. The molecule has 8 heteroatoms. The summed E-state index contributed by atoms with van der Waals surface area (Å²) in [5, 5.41) is 8.02. The van der Waals surface area contributed by atoms with Gasteiger partial charge in [-0.3, -0.25) is 0 Å². The fourth-order valence-corrected chi connectivity index (χ4v) is 4.75. The molecule has 0 radical (unpaired) electrons. The predicted molar refractivity (Wildman–Crippen MR) is 139 cm³/mol. The number of rotatable bonds is 7. The van der Waals surface area contributed by atoms with Gasteiger partial charge in [0.15, 0.2) is 5.96 Å². The van der Waals surface area contributed by atoms with Gasteiger partial charge in [-0.1, -0.05) is 17.7 Å². The van der Waals surface area contributed by atoms with E-state index in [2.05, 4.69) is 54.6 Å². The van der Waals surface area contributed by atoms with E-state index in [1.165, 1.54) is 16.0 Å². The van der Waals surface area contributed by atoms with Crippen molar-refractivity contribution in [3.05, 3.63) is 44.9 Å². The van der Waals surface area contributed by atoms with E-state index >= 15 is 0 Å². The van der Waals surface area contributed by atoms with Gasteiger partial charge in [-0.25, -0.2) is 9.98 Å². The van der Waals surface area contributed by atoms with Crippen molar-refractivity contribution < 1.29 is 9.47 Å². The second-order valence-corrected chi connectivity index (χ2v) is 9.18. The van der Waals surface area contributed by atoms with Crippen LogP contribution in [0.3, 0.4) is 0 Å². The van der Waals surface area contributed by atoms with Crippen molar-refractivity contribution in [2.24, 2.45) is 4.99 Å². The maximum absolute atomic E-state index is 5.73. The van der Waals surface area contributed by atoms with E-state index in [9.17, 15) is 0 Å². The van der Waals surface area contributed by atoms with Gasteiger partial charge in [-0.15, -0.1) is 35.3 Å². The van der Waals surface area contributed by atoms with Crippen molar-refractivity contribution in [2.75, 3.05) is 33.4 Å². The standard InChI is InChI=1S/C23H34N4O2S.HI/c1-6-24-22(25-14-21-27-17(3)18(4)30-21)26-15-23(9-11-29-12-10-23)19-13-16(2)7-8-20(19)28-5;/h7-8,13H,6,9-12,14-15H2,1-5H3,(H2,24,25,26);1H. The number of nitrogens with one attached hydrogen (secondary N) is 2. The van der Waals surface area contributed by atoms with Crippen LogP contribution in [0.1, 0.15) is 46.5 Å². The molecule has 1 aliphatic rings. The average Bonchev–Trinajstić information content (AvgIpc) is 3.08. The highest BCUT2D eigenvalue weighted by Crippen LogP contribution is 2.40. The molecule has 172 valence electrons. The van der Waals surface area contributed by atoms with Crippen LogP contribution in [0.15, 0.2) is 23.2 Å². The first-order chi connectivity index (χ1) is 14.5. The summed E-state index contributed by atoms with van der Waals surface area (Å²) in [6.07, 6.45) is 1.90. The molecule has 1 aromatic carbocycles. The number of hydrogen-bond acceptors (Lipinski definition) is 5. The number of aryl methyl sites for hydroxylation is 3. The summed E-state index contributed by atoms with van der Waals surface area (Å²) in [5.41, 5.74) is 3.53. The van der Waals surface area contributed by atoms with Crippen molar-refractivity contribution >= 4 is 41.3 Å². The molecule has 6 nitrogen and oxygen atoms in total. The minimum absolute atomic E-state index is 0. The van der Waals surface area contributed by atoms with Gasteiger partial charge < -0.3 is 20.1 Å². The largest absolute Gasteiger partial charge is 0.496 e. The molecule has 0 bridgehead atoms. The number of guanidine groups is 1. The summed E-state index contributed by atoms with van der Waals surface area (Å²) in [6, 6.07) is 6.44. The van der Waals surface area contributed by atoms with Crippen LogP contribution in [0.25, 0.3) is 0 Å². The van der Waals surface area contributed by atoms with Gasteiger partial charge >= 0.3 is 0 Å². The number of aliphatic imine (C=N–C) groups is 1. The van der Waals surface area contributed by atoms with Crippen LogP contribution >= 0.6 is 35.3 Å². The molecule has 0 amide bonds. The lowest BCUT2D eigenvalue weighted by molar-refractivity contribution is 0.0505. The third kappa shape index (κ3) is 6.55. The fourth-order valence-electron chi connectivity index (χ4n) is 3.89. The van der Waals surface area contributed by atoms with Gasteiger partial charge in [0, 0.05) is 42.2 Å². The summed E-state index contributed by atoms with van der Waals surface area (Å²) >= 11 is 1.72. The summed E-state index contributed by atoms with van der Waals surface area (Å²) in [7, 11) is 1.75. The predicted octanol–water partition coefficient (Wildman–Crippen LogP) is 4.50. The molecule has 0 atom stereocenters. The number of halogens is 1. The van der Waals surface area contributed by atoms with Crippen LogP contribution in [0.5, 0.6) is 5.75 Å². The molecule has 0 aliphatic carbocycles. The van der Waals surface area contributed by atoms with Gasteiger partial charge in [0.2, 0.25) is 0 Å². The number of thiazole rings is 1. The Morgan fingerprint density at radius 3 is 2.58 bits per heavy atom. The Morgan fingerprint density at radius 1 is 1.23 bits per heavy atom. The van der Waals surface area contributed by atoms with Gasteiger partial charge in [-0.05, 0) is 46.6 Å². The quantitative estimate of drug-likeness (QED) is 0.298. The average molecular weight is 559 g/mol. The van der Waals surface area contributed by atoms with Crippen molar-refractivity contribution in [2.45, 2.75) is 52.5 Å². The molecule has 0 unspecified atom stereocenters. The SMILES string of the molecule is CCNC(=NCc1nc(C)c(C)s1)NCC1(c2cc(C)ccc2OC)CCOCC1.I. The molecule has 1 aromatic heterocycles. The summed E-state index contributed by atoms with van der Waals surface area (Å²) < 4.78 is 11.4. The van der Waals surface area contributed by atoms with Crippen LogP contribution in [0.4, 0.5) is 0 Å². The maximum atomic E-state index is 5.73. The first-order valence-electron chi connectivity index (χ1n) is 10.7. The summed E-state index contributed by atoms with van der Waals surface area (Å²) in [5.74, 6) is 1.76. The molecular formula is C23H35IN4O2S. The zero-order valence-electron chi connectivity index (χ0n) is 19.2.